The molecule has 1 heteroatoms. The molecule has 56 valence electrons. The minimum Gasteiger partial charge on any atom is -0.0946 e. The van der Waals surface area contributed by atoms with Crippen LogP contribution in [-0.4, -0.2) is 0 Å². The fourth-order valence-electron chi connectivity index (χ4n) is 0.438. The summed E-state index contributed by atoms with van der Waals surface area (Å²) >= 11 is 0.100. The molecule has 0 heterocycles. The molecule has 0 radical (unpaired) electrons. The highest BCUT2D eigenvalue weighted by molar-refractivity contribution is 5.05. The summed E-state index contributed by atoms with van der Waals surface area (Å²) in [5.74, 6) is 0. The monoisotopic (exact) mass is 249 g/mol. The van der Waals surface area contributed by atoms with Crippen LogP contribution < -0.4 is 21.2 Å². The highest BCUT2D eigenvalue weighted by Gasteiger charge is 2.12. The Bertz CT molecular complexity index is 164. The number of hydrogen-bond acceptors (Lipinski definition) is 0. The van der Waals surface area contributed by atoms with Gasteiger partial charge in [0.15, 0.2) is 7.16 Å². The second-order valence-corrected chi connectivity index (χ2v) is 5.33. The molecule has 0 amide bonds. The van der Waals surface area contributed by atoms with Crippen LogP contribution in [0.25, 0.3) is 0 Å². The first-order chi connectivity index (χ1) is 4.74. The van der Waals surface area contributed by atoms with Gasteiger partial charge in [-0.05, 0) is 32.1 Å². The standard InChI is InChI=1S/C9H14I/c1-5-8(4)10-9(6-2)7-3/h5-7H,2H2,1,3-4H3/q+1. The third-order valence-corrected chi connectivity index (χ3v) is 4.29. The van der Waals surface area contributed by atoms with Crippen molar-refractivity contribution in [1.29, 1.82) is 0 Å². The topological polar surface area (TPSA) is 0 Å². The molecule has 0 aromatic carbocycles. The van der Waals surface area contributed by atoms with Crippen LogP contribution in [0.1, 0.15) is 20.8 Å². The summed E-state index contributed by atoms with van der Waals surface area (Å²) in [7, 11) is 0. The molecule has 0 saturated carbocycles. The molecular weight excluding hydrogens is 235 g/mol. The molecule has 10 heavy (non-hydrogen) atoms. The molecule has 0 saturated heterocycles. The number of allylic oxidation sites excluding steroid dienone is 5. The van der Waals surface area contributed by atoms with Gasteiger partial charge in [-0.2, -0.15) is 0 Å². The Morgan fingerprint density at radius 1 is 1.30 bits per heavy atom. The van der Waals surface area contributed by atoms with E-state index < -0.39 is 0 Å². The summed E-state index contributed by atoms with van der Waals surface area (Å²) in [4.78, 5) is 0. The zero-order valence-electron chi connectivity index (χ0n) is 6.82. The van der Waals surface area contributed by atoms with Crippen molar-refractivity contribution in [3.05, 3.63) is 32.0 Å². The second kappa shape index (κ2) is 5.71. The number of rotatable bonds is 3. The van der Waals surface area contributed by atoms with Crippen molar-refractivity contribution in [3.63, 3.8) is 0 Å². The van der Waals surface area contributed by atoms with Crippen molar-refractivity contribution in [1.82, 2.24) is 0 Å². The molecule has 0 aromatic rings. The van der Waals surface area contributed by atoms with Crippen molar-refractivity contribution < 1.29 is 21.2 Å². The average Bonchev–Trinajstić information content (AvgIpc) is 1.99. The summed E-state index contributed by atoms with van der Waals surface area (Å²) in [6, 6.07) is 0. The maximum absolute atomic E-state index is 3.75. The summed E-state index contributed by atoms with van der Waals surface area (Å²) in [6.07, 6.45) is 6.29. The first kappa shape index (κ1) is 9.95. The zero-order valence-corrected chi connectivity index (χ0v) is 8.97. The molecule has 0 aromatic heterocycles. The molecule has 0 bridgehead atoms. The highest BCUT2D eigenvalue weighted by atomic mass is 127. The molecule has 0 rings (SSSR count). The maximum Gasteiger partial charge on any atom is 0.352 e. The van der Waals surface area contributed by atoms with Gasteiger partial charge in [0.1, 0.15) is 0 Å². The molecule has 0 aliphatic carbocycles. The van der Waals surface area contributed by atoms with E-state index in [1.807, 2.05) is 6.08 Å². The van der Waals surface area contributed by atoms with Gasteiger partial charge in [0.25, 0.3) is 0 Å². The smallest absolute Gasteiger partial charge is 0.0946 e. The van der Waals surface area contributed by atoms with Crippen LogP contribution in [0.5, 0.6) is 0 Å². The van der Waals surface area contributed by atoms with Crippen LogP contribution in [0, 0.1) is 0 Å². The molecule has 0 fully saturated rings. The lowest BCUT2D eigenvalue weighted by Crippen LogP contribution is -3.60. The molecule has 0 aliphatic heterocycles. The number of halogens is 1. The Balaban J connectivity index is 4.00. The molecule has 0 atom stereocenters. The first-order valence-corrected chi connectivity index (χ1v) is 5.46. The van der Waals surface area contributed by atoms with Crippen LogP contribution in [0.3, 0.4) is 0 Å². The van der Waals surface area contributed by atoms with Gasteiger partial charge >= 0.3 is 21.2 Å². The van der Waals surface area contributed by atoms with Gasteiger partial charge in [-0.15, -0.1) is 0 Å². The predicted molar refractivity (Wildman–Crippen MR) is 43.4 cm³/mol. The van der Waals surface area contributed by atoms with Gasteiger partial charge in [-0.25, -0.2) is 0 Å². The molecule has 0 spiro atoms. The van der Waals surface area contributed by atoms with E-state index >= 15 is 0 Å². The van der Waals surface area contributed by atoms with Crippen molar-refractivity contribution >= 4 is 0 Å². The normalized spacial score (nSPS) is 13.5. The lowest BCUT2D eigenvalue weighted by molar-refractivity contribution is -0.549. The second-order valence-electron chi connectivity index (χ2n) is 1.85. The fraction of sp³-hybridized carbons (Fsp3) is 0.333. The minimum atomic E-state index is 0.100. The Morgan fingerprint density at radius 2 is 1.90 bits per heavy atom. The Hall–Kier alpha value is -0.0500. The van der Waals surface area contributed by atoms with E-state index in [1.54, 1.807) is 0 Å². The third kappa shape index (κ3) is 3.88. The van der Waals surface area contributed by atoms with Crippen LogP contribution in [-0.2, 0) is 0 Å². The Kier molecular flexibility index (Phi) is 5.69. The van der Waals surface area contributed by atoms with E-state index in [-0.39, 0.29) is 21.2 Å². The van der Waals surface area contributed by atoms with Crippen LogP contribution in [0.2, 0.25) is 0 Å². The lowest BCUT2D eigenvalue weighted by Gasteiger charge is -1.79. The SMILES string of the molecule is C=CC(=CC)[I+]C(C)=CC. The molecule has 0 nitrogen and oxygen atoms in total. The van der Waals surface area contributed by atoms with Gasteiger partial charge in [0, 0.05) is 6.92 Å². The van der Waals surface area contributed by atoms with E-state index in [2.05, 4.69) is 39.5 Å². The van der Waals surface area contributed by atoms with Gasteiger partial charge in [0.2, 0.25) is 0 Å². The minimum absolute atomic E-state index is 0.100. The third-order valence-electron chi connectivity index (χ3n) is 1.13. The molecule has 0 unspecified atom stereocenters. The van der Waals surface area contributed by atoms with Crippen molar-refractivity contribution in [2.45, 2.75) is 20.8 Å². The van der Waals surface area contributed by atoms with E-state index in [9.17, 15) is 0 Å². The zero-order chi connectivity index (χ0) is 7.98. The highest BCUT2D eigenvalue weighted by Crippen LogP contribution is 1.78. The fourth-order valence-corrected chi connectivity index (χ4v) is 2.26. The predicted octanol–water partition coefficient (Wildman–Crippen LogP) is 0.0889. The summed E-state index contributed by atoms with van der Waals surface area (Å²) in [5, 5.41) is 0. The van der Waals surface area contributed by atoms with Crippen LogP contribution >= 0.6 is 0 Å². The Morgan fingerprint density at radius 3 is 2.20 bits per heavy atom. The van der Waals surface area contributed by atoms with E-state index in [4.69, 9.17) is 0 Å². The van der Waals surface area contributed by atoms with Crippen LogP contribution in [0.15, 0.2) is 32.0 Å². The lowest BCUT2D eigenvalue weighted by atomic mass is 10.5. The van der Waals surface area contributed by atoms with E-state index in [0.717, 1.165) is 0 Å². The van der Waals surface area contributed by atoms with Gasteiger partial charge in [-0.3, -0.25) is 0 Å². The summed E-state index contributed by atoms with van der Waals surface area (Å²) in [6.45, 7) is 10.1. The van der Waals surface area contributed by atoms with Gasteiger partial charge in [0.05, 0.1) is 0 Å². The van der Waals surface area contributed by atoms with Crippen LogP contribution in [0.4, 0.5) is 0 Å². The van der Waals surface area contributed by atoms with Gasteiger partial charge < -0.3 is 0 Å². The molecular formula is C9H14I+. The average molecular weight is 249 g/mol. The summed E-state index contributed by atoms with van der Waals surface area (Å²) < 4.78 is 2.92. The van der Waals surface area contributed by atoms with Crippen molar-refractivity contribution in [2.75, 3.05) is 0 Å². The van der Waals surface area contributed by atoms with E-state index in [1.165, 1.54) is 7.16 Å². The largest absolute Gasteiger partial charge is 0.352 e. The number of hydrogen-bond donors (Lipinski definition) is 0. The Labute approximate surface area is 74.0 Å². The molecule has 0 N–H and O–H groups in total. The van der Waals surface area contributed by atoms with E-state index in [0.29, 0.717) is 0 Å². The quantitative estimate of drug-likeness (QED) is 0.491. The first-order valence-electron chi connectivity index (χ1n) is 3.31. The van der Waals surface area contributed by atoms with Crippen molar-refractivity contribution in [2.24, 2.45) is 0 Å². The van der Waals surface area contributed by atoms with Gasteiger partial charge in [-0.1, -0.05) is 6.58 Å². The van der Waals surface area contributed by atoms with Crippen molar-refractivity contribution in [3.8, 4) is 0 Å². The summed E-state index contributed by atoms with van der Waals surface area (Å²) in [5.41, 5.74) is 0. The molecule has 0 aliphatic rings. The maximum atomic E-state index is 3.75.